The number of aromatic nitrogens is 1. The molecule has 0 radical (unpaired) electrons. The number of amides is 4. The normalized spacial score (nSPS) is 23.3. The molecule has 0 aliphatic carbocycles. The number of piperidine rings is 1. The summed E-state index contributed by atoms with van der Waals surface area (Å²) in [5.41, 5.74) is 1.52. The van der Waals surface area contributed by atoms with E-state index in [1.807, 2.05) is 6.92 Å². The molecule has 2 fully saturated rings. The minimum absolute atomic E-state index is 0.0146. The van der Waals surface area contributed by atoms with E-state index in [1.165, 1.54) is 6.92 Å². The van der Waals surface area contributed by atoms with Crippen molar-refractivity contribution in [3.63, 3.8) is 0 Å². The van der Waals surface area contributed by atoms with E-state index in [4.69, 9.17) is 0 Å². The molecule has 2 saturated heterocycles. The van der Waals surface area contributed by atoms with Gasteiger partial charge in [-0.05, 0) is 44.6 Å². The van der Waals surface area contributed by atoms with E-state index < -0.39 is 11.6 Å². The first-order valence-electron chi connectivity index (χ1n) is 9.34. The number of hydrogen-bond acceptors (Lipinski definition) is 4. The van der Waals surface area contributed by atoms with Gasteiger partial charge in [0.25, 0.3) is 11.8 Å². The first-order valence-corrected chi connectivity index (χ1v) is 9.34. The van der Waals surface area contributed by atoms with Crippen molar-refractivity contribution >= 4 is 23.6 Å². The van der Waals surface area contributed by atoms with Crippen LogP contribution in [0.4, 0.5) is 4.79 Å². The van der Waals surface area contributed by atoms with Crippen LogP contribution in [0.1, 0.15) is 65.2 Å². The van der Waals surface area contributed by atoms with Gasteiger partial charge in [-0.2, -0.15) is 0 Å². The van der Waals surface area contributed by atoms with E-state index in [1.54, 1.807) is 18.7 Å². The van der Waals surface area contributed by atoms with Crippen molar-refractivity contribution in [1.82, 2.24) is 20.5 Å². The van der Waals surface area contributed by atoms with E-state index in [-0.39, 0.29) is 23.5 Å². The fourth-order valence-corrected chi connectivity index (χ4v) is 4.49. The molecule has 2 aliphatic rings. The number of urea groups is 1. The Kier molecular flexibility index (Phi) is 4.84. The summed E-state index contributed by atoms with van der Waals surface area (Å²) >= 11 is 0. The van der Waals surface area contributed by atoms with Crippen molar-refractivity contribution in [2.75, 3.05) is 13.1 Å². The quantitative estimate of drug-likeness (QED) is 0.550. The maximum absolute atomic E-state index is 13.0. The van der Waals surface area contributed by atoms with E-state index in [9.17, 15) is 19.2 Å². The van der Waals surface area contributed by atoms with Crippen molar-refractivity contribution < 1.29 is 19.2 Å². The third-order valence-corrected chi connectivity index (χ3v) is 6.01. The number of nitrogens with one attached hydrogen (secondary N) is 3. The van der Waals surface area contributed by atoms with Gasteiger partial charge in [-0.3, -0.25) is 19.7 Å². The standard InChI is InChI=1S/C19H26N4O4/c1-5-19(17(26)21-18(27)22-19)13-6-8-23(9-7-13)16(25)14-10(2)15(12(4)24)20-11(14)3/h13,20H,5-9H2,1-4H3,(H2,21,22,26,27)/t19-/m1/s1. The van der Waals surface area contributed by atoms with Crippen LogP contribution in [0.5, 0.6) is 0 Å². The molecule has 1 aromatic heterocycles. The van der Waals surface area contributed by atoms with Crippen LogP contribution in [0.3, 0.4) is 0 Å². The van der Waals surface area contributed by atoms with Gasteiger partial charge in [-0.1, -0.05) is 6.92 Å². The molecule has 2 aliphatic heterocycles. The number of carbonyl (C=O) groups is 4. The monoisotopic (exact) mass is 374 g/mol. The Morgan fingerprint density at radius 3 is 2.26 bits per heavy atom. The Balaban J connectivity index is 1.75. The Morgan fingerprint density at radius 1 is 1.19 bits per heavy atom. The van der Waals surface area contributed by atoms with Crippen molar-refractivity contribution in [3.8, 4) is 0 Å². The number of nitrogens with zero attached hydrogens (tertiary/aromatic N) is 1. The molecule has 0 bridgehead atoms. The number of hydrogen-bond donors (Lipinski definition) is 3. The number of ketones is 1. The summed E-state index contributed by atoms with van der Waals surface area (Å²) in [6.45, 7) is 7.96. The third kappa shape index (κ3) is 3.02. The number of Topliss-reactive ketones (excluding diaryl/α,β-unsaturated/α-hetero) is 1. The molecule has 0 spiro atoms. The highest BCUT2D eigenvalue weighted by atomic mass is 16.2. The van der Waals surface area contributed by atoms with E-state index in [2.05, 4.69) is 15.6 Å². The van der Waals surface area contributed by atoms with Crippen LogP contribution in [0.2, 0.25) is 0 Å². The molecule has 1 atom stereocenters. The van der Waals surface area contributed by atoms with Gasteiger partial charge in [0.2, 0.25) is 0 Å². The van der Waals surface area contributed by atoms with Gasteiger partial charge in [-0.15, -0.1) is 0 Å². The molecule has 1 aromatic rings. The van der Waals surface area contributed by atoms with Crippen LogP contribution in [-0.2, 0) is 4.79 Å². The molecule has 146 valence electrons. The van der Waals surface area contributed by atoms with Gasteiger partial charge < -0.3 is 15.2 Å². The Morgan fingerprint density at radius 2 is 1.81 bits per heavy atom. The summed E-state index contributed by atoms with van der Waals surface area (Å²) in [5.74, 6) is -0.485. The minimum Gasteiger partial charge on any atom is -0.355 e. The van der Waals surface area contributed by atoms with Crippen LogP contribution >= 0.6 is 0 Å². The summed E-state index contributed by atoms with van der Waals surface area (Å²) in [4.78, 5) is 53.5. The van der Waals surface area contributed by atoms with Crippen molar-refractivity contribution in [1.29, 1.82) is 0 Å². The van der Waals surface area contributed by atoms with Gasteiger partial charge in [0.05, 0.1) is 11.3 Å². The topological polar surface area (TPSA) is 111 Å². The summed E-state index contributed by atoms with van der Waals surface area (Å²) in [5, 5.41) is 5.14. The Hall–Kier alpha value is -2.64. The Bertz CT molecular complexity index is 820. The summed E-state index contributed by atoms with van der Waals surface area (Å²) in [7, 11) is 0. The van der Waals surface area contributed by atoms with Crippen LogP contribution in [0.15, 0.2) is 0 Å². The number of imide groups is 1. The number of rotatable bonds is 4. The molecule has 3 heterocycles. The molecule has 4 amide bonds. The van der Waals surface area contributed by atoms with Gasteiger partial charge >= 0.3 is 6.03 Å². The summed E-state index contributed by atoms with van der Waals surface area (Å²) in [6.07, 6.45) is 1.78. The molecule has 8 heteroatoms. The third-order valence-electron chi connectivity index (χ3n) is 6.01. The predicted octanol–water partition coefficient (Wildman–Crippen LogP) is 1.67. The number of aryl methyl sites for hydroxylation is 1. The molecule has 3 N–H and O–H groups in total. The highest BCUT2D eigenvalue weighted by Gasteiger charge is 2.51. The highest BCUT2D eigenvalue weighted by Crippen LogP contribution is 2.34. The van der Waals surface area contributed by atoms with Gasteiger partial charge in [0.15, 0.2) is 5.78 Å². The van der Waals surface area contributed by atoms with Gasteiger partial charge in [-0.25, -0.2) is 4.79 Å². The average molecular weight is 374 g/mol. The fourth-order valence-electron chi connectivity index (χ4n) is 4.49. The second kappa shape index (κ2) is 6.83. The zero-order chi connectivity index (χ0) is 19.9. The first-order chi connectivity index (χ1) is 12.7. The molecule has 0 aromatic carbocycles. The number of carbonyl (C=O) groups excluding carboxylic acids is 4. The second-order valence-electron chi connectivity index (χ2n) is 7.48. The fraction of sp³-hybridized carbons (Fsp3) is 0.579. The SMILES string of the molecule is CC[C@]1(C2CCN(C(=O)c3c(C)[nH]c(C(C)=O)c3C)CC2)NC(=O)NC1=O. The maximum Gasteiger partial charge on any atom is 0.322 e. The molecular formula is C19H26N4O4. The largest absolute Gasteiger partial charge is 0.355 e. The summed E-state index contributed by atoms with van der Waals surface area (Å²) < 4.78 is 0. The van der Waals surface area contributed by atoms with E-state index in [0.717, 1.165) is 0 Å². The van der Waals surface area contributed by atoms with Crippen molar-refractivity contribution in [3.05, 3.63) is 22.5 Å². The lowest BCUT2D eigenvalue weighted by molar-refractivity contribution is -0.126. The highest BCUT2D eigenvalue weighted by molar-refractivity contribution is 6.07. The maximum atomic E-state index is 13.0. The van der Waals surface area contributed by atoms with Crippen molar-refractivity contribution in [2.24, 2.45) is 5.92 Å². The molecular weight excluding hydrogens is 348 g/mol. The number of likely N-dealkylation sites (tertiary alicyclic amines) is 1. The molecule has 27 heavy (non-hydrogen) atoms. The first kappa shape index (κ1) is 19.1. The lowest BCUT2D eigenvalue weighted by atomic mass is 9.76. The van der Waals surface area contributed by atoms with Crippen LogP contribution in [0, 0.1) is 19.8 Å². The van der Waals surface area contributed by atoms with E-state index in [0.29, 0.717) is 54.9 Å². The molecule has 0 saturated carbocycles. The molecule has 8 nitrogen and oxygen atoms in total. The van der Waals surface area contributed by atoms with E-state index >= 15 is 0 Å². The van der Waals surface area contributed by atoms with Crippen molar-refractivity contribution in [2.45, 2.75) is 52.5 Å². The number of H-pyrrole nitrogens is 1. The van der Waals surface area contributed by atoms with Gasteiger partial charge in [0.1, 0.15) is 5.54 Å². The zero-order valence-electron chi connectivity index (χ0n) is 16.2. The lowest BCUT2D eigenvalue weighted by Gasteiger charge is -2.40. The smallest absolute Gasteiger partial charge is 0.322 e. The average Bonchev–Trinajstić information content (AvgIpc) is 3.10. The minimum atomic E-state index is -0.881. The molecule has 0 unspecified atom stereocenters. The predicted molar refractivity (Wildman–Crippen MR) is 98.6 cm³/mol. The second-order valence-corrected chi connectivity index (χ2v) is 7.48. The summed E-state index contributed by atoms with van der Waals surface area (Å²) in [6, 6.07) is -0.448. The van der Waals surface area contributed by atoms with Gasteiger partial charge in [0, 0.05) is 25.7 Å². The Labute approximate surface area is 158 Å². The molecule has 3 rings (SSSR count). The van der Waals surface area contributed by atoms with Crippen LogP contribution < -0.4 is 10.6 Å². The number of aromatic amines is 1. The van der Waals surface area contributed by atoms with Crippen LogP contribution in [-0.4, -0.2) is 52.1 Å². The zero-order valence-corrected chi connectivity index (χ0v) is 16.2. The van der Waals surface area contributed by atoms with Crippen LogP contribution in [0.25, 0.3) is 0 Å². The lowest BCUT2D eigenvalue weighted by Crippen LogP contribution is -2.56.